The Hall–Kier alpha value is -1.88. The molecule has 98 valence electrons. The Morgan fingerprint density at radius 2 is 2.16 bits per heavy atom. The summed E-state index contributed by atoms with van der Waals surface area (Å²) in [6.07, 6.45) is 2.08. The van der Waals surface area contributed by atoms with E-state index in [2.05, 4.69) is 50.6 Å². The molecule has 0 aliphatic carbocycles. The van der Waals surface area contributed by atoms with Gasteiger partial charge in [0, 0.05) is 41.7 Å². The lowest BCUT2D eigenvalue weighted by Gasteiger charge is -2.18. The van der Waals surface area contributed by atoms with Crippen molar-refractivity contribution in [2.45, 2.75) is 20.4 Å². The van der Waals surface area contributed by atoms with Crippen molar-refractivity contribution in [3.05, 3.63) is 41.9 Å². The molecule has 3 aromatic rings. The summed E-state index contributed by atoms with van der Waals surface area (Å²) in [5.74, 6) is 0.845. The summed E-state index contributed by atoms with van der Waals surface area (Å²) in [5.41, 5.74) is 2.48. The van der Waals surface area contributed by atoms with E-state index in [-0.39, 0.29) is 0 Å². The Morgan fingerprint density at radius 1 is 1.32 bits per heavy atom. The Morgan fingerprint density at radius 3 is 2.89 bits per heavy atom. The molecule has 0 radical (unpaired) electrons. The molecule has 2 aromatic heterocycles. The Kier molecular flexibility index (Phi) is 3.21. The van der Waals surface area contributed by atoms with E-state index in [0.29, 0.717) is 0 Å². The molecule has 1 N–H and O–H groups in total. The molecule has 2 heterocycles. The van der Waals surface area contributed by atoms with Crippen LogP contribution in [0.2, 0.25) is 0 Å². The molecular weight excluding hydrogens is 256 g/mol. The van der Waals surface area contributed by atoms with Crippen LogP contribution in [0.1, 0.15) is 18.3 Å². The second-order valence-corrected chi connectivity index (χ2v) is 5.23. The Balaban J connectivity index is 1.90. The van der Waals surface area contributed by atoms with Gasteiger partial charge in [-0.3, -0.25) is 0 Å². The maximum Gasteiger partial charge on any atom is 0.205 e. The molecule has 4 nitrogen and oxygen atoms in total. The van der Waals surface area contributed by atoms with Crippen molar-refractivity contribution in [1.29, 1.82) is 0 Å². The predicted octanol–water partition coefficient (Wildman–Crippen LogP) is 3.35. The maximum atomic E-state index is 4.47. The van der Waals surface area contributed by atoms with Crippen LogP contribution in [0.4, 0.5) is 5.13 Å². The van der Waals surface area contributed by atoms with Gasteiger partial charge in [0.15, 0.2) is 0 Å². The van der Waals surface area contributed by atoms with E-state index in [4.69, 9.17) is 0 Å². The molecule has 0 bridgehead atoms. The fourth-order valence-electron chi connectivity index (χ4n) is 2.20. The topological polar surface area (TPSA) is 44.8 Å². The summed E-state index contributed by atoms with van der Waals surface area (Å²) >= 11 is 1.46. The van der Waals surface area contributed by atoms with E-state index < -0.39 is 0 Å². The predicted molar refractivity (Wildman–Crippen MR) is 79.7 cm³/mol. The number of aromatic nitrogens is 3. The van der Waals surface area contributed by atoms with Gasteiger partial charge in [-0.2, -0.15) is 4.37 Å². The van der Waals surface area contributed by atoms with Crippen molar-refractivity contribution in [2.24, 2.45) is 0 Å². The number of fused-ring (bicyclic) bond motifs is 1. The average molecular weight is 272 g/mol. The van der Waals surface area contributed by atoms with Crippen LogP contribution in [-0.2, 0) is 6.54 Å². The molecule has 0 fully saturated rings. The minimum absolute atomic E-state index is 0.845. The van der Waals surface area contributed by atoms with E-state index in [1.807, 2.05) is 13.0 Å². The second kappa shape index (κ2) is 5.01. The molecular formula is C14H16N4S. The largest absolute Gasteiger partial charge is 0.361 e. The fraction of sp³-hybridized carbons (Fsp3) is 0.286. The van der Waals surface area contributed by atoms with Crippen LogP contribution in [0.15, 0.2) is 30.5 Å². The first-order valence-electron chi connectivity index (χ1n) is 6.38. The van der Waals surface area contributed by atoms with Crippen molar-refractivity contribution in [1.82, 2.24) is 14.3 Å². The van der Waals surface area contributed by atoms with Crippen molar-refractivity contribution >= 4 is 27.6 Å². The van der Waals surface area contributed by atoms with Gasteiger partial charge in [-0.05, 0) is 25.5 Å². The zero-order valence-electron chi connectivity index (χ0n) is 11.1. The van der Waals surface area contributed by atoms with Crippen LogP contribution in [0.25, 0.3) is 10.9 Å². The van der Waals surface area contributed by atoms with Gasteiger partial charge in [0.2, 0.25) is 5.13 Å². The summed E-state index contributed by atoms with van der Waals surface area (Å²) in [4.78, 5) is 10.0. The van der Waals surface area contributed by atoms with Crippen LogP contribution < -0.4 is 4.90 Å². The lowest BCUT2D eigenvalue weighted by atomic mass is 10.1. The van der Waals surface area contributed by atoms with E-state index >= 15 is 0 Å². The van der Waals surface area contributed by atoms with Crippen LogP contribution in [0.3, 0.4) is 0 Å². The third-order valence-electron chi connectivity index (χ3n) is 3.21. The molecule has 0 atom stereocenters. The van der Waals surface area contributed by atoms with Gasteiger partial charge in [0.25, 0.3) is 0 Å². The molecule has 19 heavy (non-hydrogen) atoms. The molecule has 0 saturated carbocycles. The highest BCUT2D eigenvalue weighted by atomic mass is 32.1. The van der Waals surface area contributed by atoms with Gasteiger partial charge in [-0.15, -0.1) is 0 Å². The van der Waals surface area contributed by atoms with Gasteiger partial charge < -0.3 is 9.88 Å². The van der Waals surface area contributed by atoms with Gasteiger partial charge in [-0.25, -0.2) is 4.98 Å². The molecule has 3 rings (SSSR count). The third-order valence-corrected chi connectivity index (χ3v) is 4.07. The third kappa shape index (κ3) is 2.33. The number of aryl methyl sites for hydroxylation is 1. The number of H-pyrrole nitrogens is 1. The molecule has 0 aliphatic rings. The zero-order valence-corrected chi connectivity index (χ0v) is 11.9. The zero-order chi connectivity index (χ0) is 13.2. The molecule has 1 aromatic carbocycles. The SMILES string of the molecule is CCN(Cc1c[nH]c2ccccc12)c1nc(C)ns1. The number of anilines is 1. The van der Waals surface area contributed by atoms with E-state index in [1.54, 1.807) is 0 Å². The van der Waals surface area contributed by atoms with Gasteiger partial charge in [0.05, 0.1) is 0 Å². The summed E-state index contributed by atoms with van der Waals surface area (Å²) < 4.78 is 4.26. The number of benzene rings is 1. The van der Waals surface area contributed by atoms with Gasteiger partial charge >= 0.3 is 0 Å². The number of aromatic amines is 1. The highest BCUT2D eigenvalue weighted by Crippen LogP contribution is 2.23. The van der Waals surface area contributed by atoms with E-state index in [0.717, 1.165) is 24.0 Å². The fourth-order valence-corrected chi connectivity index (χ4v) is 2.93. The highest BCUT2D eigenvalue weighted by molar-refractivity contribution is 7.09. The molecule has 0 unspecified atom stereocenters. The number of nitrogens with one attached hydrogen (secondary N) is 1. The monoisotopic (exact) mass is 272 g/mol. The van der Waals surface area contributed by atoms with Crippen LogP contribution in [0, 0.1) is 6.92 Å². The van der Waals surface area contributed by atoms with Crippen molar-refractivity contribution in [2.75, 3.05) is 11.4 Å². The lowest BCUT2D eigenvalue weighted by Crippen LogP contribution is -2.21. The minimum Gasteiger partial charge on any atom is -0.361 e. The molecule has 0 aliphatic heterocycles. The maximum absolute atomic E-state index is 4.47. The Labute approximate surface area is 116 Å². The van der Waals surface area contributed by atoms with Crippen LogP contribution in [0.5, 0.6) is 0 Å². The molecule has 5 heteroatoms. The smallest absolute Gasteiger partial charge is 0.205 e. The van der Waals surface area contributed by atoms with Crippen LogP contribution >= 0.6 is 11.5 Å². The van der Waals surface area contributed by atoms with Crippen molar-refractivity contribution < 1.29 is 0 Å². The van der Waals surface area contributed by atoms with E-state index in [1.165, 1.54) is 28.0 Å². The van der Waals surface area contributed by atoms with Crippen LogP contribution in [-0.4, -0.2) is 20.9 Å². The van der Waals surface area contributed by atoms with Gasteiger partial charge in [-0.1, -0.05) is 18.2 Å². The lowest BCUT2D eigenvalue weighted by molar-refractivity contribution is 0.828. The normalized spacial score (nSPS) is 11.1. The summed E-state index contributed by atoms with van der Waals surface area (Å²) in [6.45, 7) is 5.86. The highest BCUT2D eigenvalue weighted by Gasteiger charge is 2.12. The second-order valence-electron chi connectivity index (χ2n) is 4.50. The number of hydrogen-bond donors (Lipinski definition) is 1. The van der Waals surface area contributed by atoms with Crippen molar-refractivity contribution in [3.63, 3.8) is 0 Å². The average Bonchev–Trinajstić information content (AvgIpc) is 3.03. The first-order valence-corrected chi connectivity index (χ1v) is 7.15. The number of rotatable bonds is 4. The molecule has 0 spiro atoms. The quantitative estimate of drug-likeness (QED) is 0.792. The minimum atomic E-state index is 0.845. The number of para-hydroxylation sites is 1. The Bertz CT molecular complexity index is 685. The summed E-state index contributed by atoms with van der Waals surface area (Å²) in [5, 5.41) is 2.27. The summed E-state index contributed by atoms with van der Waals surface area (Å²) in [7, 11) is 0. The summed E-state index contributed by atoms with van der Waals surface area (Å²) in [6, 6.07) is 8.38. The first-order chi connectivity index (χ1) is 9.28. The number of nitrogens with zero attached hydrogens (tertiary/aromatic N) is 3. The standard InChI is InChI=1S/C14H16N4S/c1-3-18(14-16-10(2)17-19-14)9-11-8-15-13-7-5-4-6-12(11)13/h4-8,15H,3,9H2,1-2H3. The van der Waals surface area contributed by atoms with E-state index in [9.17, 15) is 0 Å². The van der Waals surface area contributed by atoms with Crippen molar-refractivity contribution in [3.8, 4) is 0 Å². The first kappa shape index (κ1) is 12.2. The molecule has 0 amide bonds. The molecule has 0 saturated heterocycles. The van der Waals surface area contributed by atoms with Gasteiger partial charge in [0.1, 0.15) is 5.82 Å². The number of hydrogen-bond acceptors (Lipinski definition) is 4.